The maximum atomic E-state index is 10.1. The number of benzene rings is 1. The van der Waals surface area contributed by atoms with Crippen molar-refractivity contribution < 1.29 is 5.11 Å². The molecule has 3 aromatic rings. The summed E-state index contributed by atoms with van der Waals surface area (Å²) in [6.45, 7) is 6.42. The molecule has 150 valence electrons. The van der Waals surface area contributed by atoms with Gasteiger partial charge < -0.3 is 10.0 Å². The van der Waals surface area contributed by atoms with E-state index < -0.39 is 0 Å². The van der Waals surface area contributed by atoms with Crippen LogP contribution in [0.3, 0.4) is 0 Å². The number of aromatic nitrogens is 4. The van der Waals surface area contributed by atoms with Gasteiger partial charge in [0.25, 0.3) is 5.95 Å². The second kappa shape index (κ2) is 8.63. The van der Waals surface area contributed by atoms with Gasteiger partial charge in [-0.2, -0.15) is 5.10 Å². The summed E-state index contributed by atoms with van der Waals surface area (Å²) in [4.78, 5) is 13.1. The maximum absolute atomic E-state index is 10.1. The van der Waals surface area contributed by atoms with Crippen LogP contribution in [-0.4, -0.2) is 62.5 Å². The van der Waals surface area contributed by atoms with Crippen LogP contribution in [0.4, 0.5) is 5.69 Å². The summed E-state index contributed by atoms with van der Waals surface area (Å²) in [5, 5.41) is 15.1. The number of hydrogen-bond donors (Lipinski definition) is 1. The van der Waals surface area contributed by atoms with Crippen molar-refractivity contribution in [3.8, 4) is 11.7 Å². The molecule has 29 heavy (non-hydrogen) atoms. The Bertz CT molecular complexity index is 996. The minimum Gasteiger partial charge on any atom is -0.506 e. The highest BCUT2D eigenvalue weighted by Gasteiger charge is 2.19. The summed E-state index contributed by atoms with van der Waals surface area (Å²) in [5.41, 5.74) is 2.87. The van der Waals surface area contributed by atoms with Crippen molar-refractivity contribution in [2.45, 2.75) is 6.92 Å². The highest BCUT2D eigenvalue weighted by molar-refractivity contribution is 6.30. The molecule has 1 aliphatic heterocycles. The minimum absolute atomic E-state index is 0.276. The molecule has 1 fully saturated rings. The summed E-state index contributed by atoms with van der Waals surface area (Å²) >= 11 is 6.07. The molecule has 7 nitrogen and oxygen atoms in total. The van der Waals surface area contributed by atoms with Gasteiger partial charge >= 0.3 is 0 Å². The number of halogens is 1. The standard InChI is InChI=1S/C21H23ClN6O/c1-16-17(15-25-28(16)21-23-7-3-8-24-21)4-2-9-26-10-12-27(13-11-26)19-14-18(22)5-6-20(19)29/h2-8,14-15,29H,9-13H2,1H3/b4-2+. The first kappa shape index (κ1) is 19.4. The molecular formula is C21H23ClN6O. The SMILES string of the molecule is Cc1c(/C=C/CN2CCN(c3cc(Cl)ccc3O)CC2)cnn1-c1ncccn1. The number of piperazine rings is 1. The lowest BCUT2D eigenvalue weighted by molar-refractivity contribution is 0.283. The fraction of sp³-hybridized carbons (Fsp3) is 0.286. The lowest BCUT2D eigenvalue weighted by Gasteiger charge is -2.35. The molecular weight excluding hydrogens is 388 g/mol. The molecule has 2 aromatic heterocycles. The number of nitrogens with zero attached hydrogens (tertiary/aromatic N) is 6. The predicted octanol–water partition coefficient (Wildman–Crippen LogP) is 3.17. The number of hydrogen-bond acceptors (Lipinski definition) is 6. The van der Waals surface area contributed by atoms with Crippen LogP contribution < -0.4 is 4.90 Å². The van der Waals surface area contributed by atoms with E-state index in [0.717, 1.165) is 49.7 Å². The Balaban J connectivity index is 1.33. The van der Waals surface area contributed by atoms with Gasteiger partial charge in [0.1, 0.15) is 5.75 Å². The maximum Gasteiger partial charge on any atom is 0.250 e. The van der Waals surface area contributed by atoms with Crippen molar-refractivity contribution in [3.05, 3.63) is 65.2 Å². The second-order valence-corrected chi connectivity index (χ2v) is 7.41. The molecule has 1 N–H and O–H groups in total. The normalized spacial score (nSPS) is 15.3. The van der Waals surface area contributed by atoms with Gasteiger partial charge in [-0.3, -0.25) is 4.90 Å². The van der Waals surface area contributed by atoms with Gasteiger partial charge in [0, 0.05) is 55.7 Å². The quantitative estimate of drug-likeness (QED) is 0.696. The molecule has 1 aliphatic rings. The Morgan fingerprint density at radius 3 is 2.66 bits per heavy atom. The second-order valence-electron chi connectivity index (χ2n) is 6.97. The van der Waals surface area contributed by atoms with E-state index in [4.69, 9.17) is 11.6 Å². The van der Waals surface area contributed by atoms with Crippen LogP contribution in [0.1, 0.15) is 11.3 Å². The molecule has 0 bridgehead atoms. The average Bonchev–Trinajstić information content (AvgIpc) is 3.11. The largest absolute Gasteiger partial charge is 0.506 e. The van der Waals surface area contributed by atoms with Crippen molar-refractivity contribution in [1.29, 1.82) is 0 Å². The summed E-state index contributed by atoms with van der Waals surface area (Å²) in [7, 11) is 0. The first-order chi connectivity index (χ1) is 14.1. The summed E-state index contributed by atoms with van der Waals surface area (Å²) < 4.78 is 1.75. The monoisotopic (exact) mass is 410 g/mol. The van der Waals surface area contributed by atoms with Crippen molar-refractivity contribution in [1.82, 2.24) is 24.6 Å². The third-order valence-corrected chi connectivity index (χ3v) is 5.34. The van der Waals surface area contributed by atoms with Gasteiger partial charge in [0.15, 0.2) is 0 Å². The molecule has 0 aliphatic carbocycles. The van der Waals surface area contributed by atoms with Gasteiger partial charge in [0.2, 0.25) is 0 Å². The van der Waals surface area contributed by atoms with Crippen molar-refractivity contribution in [2.24, 2.45) is 0 Å². The van der Waals surface area contributed by atoms with Gasteiger partial charge in [-0.25, -0.2) is 14.6 Å². The van der Waals surface area contributed by atoms with E-state index in [1.807, 2.05) is 19.2 Å². The van der Waals surface area contributed by atoms with Gasteiger partial charge in [-0.05, 0) is 31.2 Å². The third-order valence-electron chi connectivity index (χ3n) is 5.10. The van der Waals surface area contributed by atoms with E-state index >= 15 is 0 Å². The molecule has 0 radical (unpaired) electrons. The van der Waals surface area contributed by atoms with Gasteiger partial charge in [-0.1, -0.05) is 23.8 Å². The molecule has 0 unspecified atom stereocenters. The molecule has 3 heterocycles. The topological polar surface area (TPSA) is 70.3 Å². The van der Waals surface area contributed by atoms with E-state index in [1.54, 1.807) is 35.3 Å². The van der Waals surface area contributed by atoms with E-state index in [0.29, 0.717) is 11.0 Å². The minimum atomic E-state index is 0.276. The fourth-order valence-corrected chi connectivity index (χ4v) is 3.60. The Morgan fingerprint density at radius 1 is 1.14 bits per heavy atom. The Labute approximate surface area is 174 Å². The fourth-order valence-electron chi connectivity index (χ4n) is 3.44. The van der Waals surface area contributed by atoms with Crippen molar-refractivity contribution in [2.75, 3.05) is 37.6 Å². The van der Waals surface area contributed by atoms with Crippen LogP contribution in [0, 0.1) is 6.92 Å². The molecule has 4 rings (SSSR count). The zero-order valence-electron chi connectivity index (χ0n) is 16.2. The number of anilines is 1. The van der Waals surface area contributed by atoms with Crippen LogP contribution in [-0.2, 0) is 0 Å². The number of phenols is 1. The highest BCUT2D eigenvalue weighted by atomic mass is 35.5. The first-order valence-electron chi connectivity index (χ1n) is 9.56. The molecule has 0 spiro atoms. The molecule has 0 amide bonds. The molecule has 0 atom stereocenters. The van der Waals surface area contributed by atoms with Gasteiger partial charge in [0.05, 0.1) is 17.6 Å². The summed E-state index contributed by atoms with van der Waals surface area (Å²) in [6, 6.07) is 6.96. The van der Waals surface area contributed by atoms with Crippen LogP contribution in [0.2, 0.25) is 5.02 Å². The first-order valence-corrected chi connectivity index (χ1v) is 9.94. The zero-order valence-corrected chi connectivity index (χ0v) is 17.0. The summed E-state index contributed by atoms with van der Waals surface area (Å²) in [6.07, 6.45) is 9.51. The molecule has 0 saturated carbocycles. The van der Waals surface area contributed by atoms with E-state index in [-0.39, 0.29) is 5.75 Å². The number of aromatic hydroxyl groups is 1. The smallest absolute Gasteiger partial charge is 0.250 e. The van der Waals surface area contributed by atoms with Crippen LogP contribution in [0.25, 0.3) is 12.0 Å². The predicted molar refractivity (Wildman–Crippen MR) is 115 cm³/mol. The van der Waals surface area contributed by atoms with Crippen LogP contribution in [0.5, 0.6) is 5.75 Å². The third kappa shape index (κ3) is 4.41. The van der Waals surface area contributed by atoms with Crippen molar-refractivity contribution >= 4 is 23.4 Å². The Hall–Kier alpha value is -2.90. The molecule has 8 heteroatoms. The Morgan fingerprint density at radius 2 is 1.90 bits per heavy atom. The highest BCUT2D eigenvalue weighted by Crippen LogP contribution is 2.30. The van der Waals surface area contributed by atoms with E-state index in [9.17, 15) is 5.11 Å². The van der Waals surface area contributed by atoms with Crippen LogP contribution >= 0.6 is 11.6 Å². The van der Waals surface area contributed by atoms with Crippen LogP contribution in [0.15, 0.2) is 48.9 Å². The number of rotatable bonds is 5. The zero-order chi connectivity index (χ0) is 20.2. The van der Waals surface area contributed by atoms with Crippen molar-refractivity contribution in [3.63, 3.8) is 0 Å². The summed E-state index contributed by atoms with van der Waals surface area (Å²) in [5.74, 6) is 0.850. The Kier molecular flexibility index (Phi) is 5.78. The van der Waals surface area contributed by atoms with E-state index in [2.05, 4.69) is 37.0 Å². The average molecular weight is 411 g/mol. The van der Waals surface area contributed by atoms with E-state index in [1.165, 1.54) is 0 Å². The number of phenolic OH excluding ortho intramolecular Hbond substituents is 1. The molecule has 1 aromatic carbocycles. The molecule has 1 saturated heterocycles. The lowest BCUT2D eigenvalue weighted by Crippen LogP contribution is -2.46. The lowest BCUT2D eigenvalue weighted by atomic mass is 10.2. The van der Waals surface area contributed by atoms with Gasteiger partial charge in [-0.15, -0.1) is 0 Å².